The van der Waals surface area contributed by atoms with Crippen molar-refractivity contribution in [3.05, 3.63) is 138 Å². The lowest BCUT2D eigenvalue weighted by atomic mass is 9.71. The van der Waals surface area contributed by atoms with E-state index in [1.807, 2.05) is 93.6 Å². The first-order valence-corrected chi connectivity index (χ1v) is 14.0. The Morgan fingerprint density at radius 2 is 1.49 bits per heavy atom. The minimum Gasteiger partial charge on any atom is -0.477 e. The number of carboxylic acids is 1. The largest absolute Gasteiger partial charge is 0.477 e. The van der Waals surface area contributed by atoms with Crippen molar-refractivity contribution >= 4 is 11.9 Å². The van der Waals surface area contributed by atoms with Crippen molar-refractivity contribution in [3.8, 4) is 11.5 Å². The molecule has 9 heteroatoms. The maximum Gasteiger partial charge on any atom is 0.354 e. The van der Waals surface area contributed by atoms with Gasteiger partial charge >= 0.3 is 5.97 Å². The van der Waals surface area contributed by atoms with Gasteiger partial charge in [0.1, 0.15) is 17.2 Å². The summed E-state index contributed by atoms with van der Waals surface area (Å²) < 4.78 is 12.2. The van der Waals surface area contributed by atoms with E-state index in [0.29, 0.717) is 22.6 Å². The predicted molar refractivity (Wildman–Crippen MR) is 161 cm³/mol. The van der Waals surface area contributed by atoms with Crippen LogP contribution in [0.2, 0.25) is 0 Å². The Morgan fingerprint density at radius 3 is 2.07 bits per heavy atom. The third kappa shape index (κ3) is 5.99. The Kier molecular flexibility index (Phi) is 8.56. The number of nitrogens with zero attached hydrogens (tertiary/aromatic N) is 2. The molecule has 9 nitrogen and oxygen atoms in total. The van der Waals surface area contributed by atoms with E-state index < -0.39 is 17.1 Å². The number of carbonyl (C=O) groups is 2. The van der Waals surface area contributed by atoms with Crippen molar-refractivity contribution in [1.29, 1.82) is 0 Å². The predicted octanol–water partition coefficient (Wildman–Crippen LogP) is 6.53. The van der Waals surface area contributed by atoms with Crippen molar-refractivity contribution in [2.75, 3.05) is 6.61 Å². The van der Waals surface area contributed by atoms with Crippen molar-refractivity contribution in [1.82, 2.24) is 15.3 Å². The van der Waals surface area contributed by atoms with Gasteiger partial charge in [0.2, 0.25) is 5.72 Å². The molecular weight excluding hydrogens is 546 g/mol. The number of carboxylic acid groups (broad SMARTS) is 1. The van der Waals surface area contributed by atoms with Gasteiger partial charge in [-0.1, -0.05) is 60.7 Å². The zero-order valence-corrected chi connectivity index (χ0v) is 24.1. The second-order valence-electron chi connectivity index (χ2n) is 10.2. The van der Waals surface area contributed by atoms with E-state index in [0.717, 1.165) is 5.56 Å². The summed E-state index contributed by atoms with van der Waals surface area (Å²) in [4.78, 5) is 32.1. The fourth-order valence-corrected chi connectivity index (χ4v) is 5.05. The number of ether oxygens (including phenoxy) is 2. The molecule has 0 atom stereocenters. The Bertz CT molecular complexity index is 1600. The highest BCUT2D eigenvalue weighted by atomic mass is 16.7. The molecule has 0 unspecified atom stereocenters. The SMILES string of the molecule is CCOC1(N(OC(C)C)C(=O)c2ccccc2)C=CC(c2ccc(Oc3ccccc3)cc2)(c2cn[nH]c2C(=O)O)C=C1. The molecule has 4 aromatic rings. The normalized spacial score (nSPS) is 19.3. The fourth-order valence-electron chi connectivity index (χ4n) is 5.05. The lowest BCUT2D eigenvalue weighted by Gasteiger charge is -2.43. The molecule has 1 heterocycles. The average Bonchev–Trinajstić information content (AvgIpc) is 3.53. The molecule has 0 spiro atoms. The summed E-state index contributed by atoms with van der Waals surface area (Å²) in [6.45, 7) is 5.75. The summed E-state index contributed by atoms with van der Waals surface area (Å²) in [5.74, 6) is -0.224. The van der Waals surface area contributed by atoms with Gasteiger partial charge in [0.05, 0.1) is 17.7 Å². The van der Waals surface area contributed by atoms with E-state index in [4.69, 9.17) is 14.3 Å². The summed E-state index contributed by atoms with van der Waals surface area (Å²) in [5.41, 5.74) is -0.957. The van der Waals surface area contributed by atoms with Crippen LogP contribution in [0.15, 0.2) is 115 Å². The van der Waals surface area contributed by atoms with Crippen LogP contribution in [0, 0.1) is 0 Å². The van der Waals surface area contributed by atoms with Crippen molar-refractivity contribution in [3.63, 3.8) is 0 Å². The second kappa shape index (κ2) is 12.5. The van der Waals surface area contributed by atoms with Crippen molar-refractivity contribution in [2.24, 2.45) is 0 Å². The van der Waals surface area contributed by atoms with Crippen LogP contribution in [-0.4, -0.2) is 50.7 Å². The first-order chi connectivity index (χ1) is 20.8. The second-order valence-corrected chi connectivity index (χ2v) is 10.2. The third-order valence-corrected chi connectivity index (χ3v) is 6.99. The Morgan fingerprint density at radius 1 is 0.884 bits per heavy atom. The Hall–Kier alpha value is -4.99. The monoisotopic (exact) mass is 579 g/mol. The number of hydrogen-bond donors (Lipinski definition) is 2. The van der Waals surface area contributed by atoms with Crippen LogP contribution >= 0.6 is 0 Å². The van der Waals surface area contributed by atoms with Crippen LogP contribution in [-0.2, 0) is 15.0 Å². The molecule has 0 saturated heterocycles. The summed E-state index contributed by atoms with van der Waals surface area (Å²) in [7, 11) is 0. The van der Waals surface area contributed by atoms with Crippen LogP contribution in [0.25, 0.3) is 0 Å². The van der Waals surface area contributed by atoms with Gasteiger partial charge in [0.25, 0.3) is 5.91 Å². The number of hydroxylamine groups is 2. The van der Waals surface area contributed by atoms with Crippen molar-refractivity contribution < 1.29 is 29.0 Å². The highest BCUT2D eigenvalue weighted by molar-refractivity contribution is 5.94. The number of allylic oxidation sites excluding steroid dienone is 2. The molecule has 220 valence electrons. The topological polar surface area (TPSA) is 114 Å². The minimum absolute atomic E-state index is 0.0570. The summed E-state index contributed by atoms with van der Waals surface area (Å²) in [6, 6.07) is 25.6. The number of benzene rings is 3. The van der Waals surface area contributed by atoms with Gasteiger partial charge in [-0.05, 0) is 74.9 Å². The van der Waals surface area contributed by atoms with E-state index >= 15 is 0 Å². The highest BCUT2D eigenvalue weighted by Gasteiger charge is 2.45. The van der Waals surface area contributed by atoms with Gasteiger partial charge in [-0.15, -0.1) is 0 Å². The van der Waals surface area contributed by atoms with E-state index in [1.165, 1.54) is 11.3 Å². The Balaban J connectivity index is 1.60. The van der Waals surface area contributed by atoms with Crippen molar-refractivity contribution in [2.45, 2.75) is 38.0 Å². The van der Waals surface area contributed by atoms with E-state index in [9.17, 15) is 14.7 Å². The lowest BCUT2D eigenvalue weighted by molar-refractivity contribution is -0.253. The molecule has 2 N–H and O–H groups in total. The molecule has 1 aliphatic carbocycles. The van der Waals surface area contributed by atoms with Crippen LogP contribution < -0.4 is 4.74 Å². The zero-order valence-electron chi connectivity index (χ0n) is 24.1. The molecule has 0 radical (unpaired) electrons. The van der Waals surface area contributed by atoms with Crippen LogP contribution in [0.1, 0.15) is 52.7 Å². The molecule has 0 fully saturated rings. The fraction of sp³-hybridized carbons (Fsp3) is 0.206. The molecule has 1 aromatic heterocycles. The average molecular weight is 580 g/mol. The van der Waals surface area contributed by atoms with Gasteiger partial charge < -0.3 is 14.6 Å². The van der Waals surface area contributed by atoms with E-state index in [1.54, 1.807) is 36.4 Å². The number of para-hydroxylation sites is 1. The molecule has 1 amide bonds. The molecule has 5 rings (SSSR count). The summed E-state index contributed by atoms with van der Waals surface area (Å²) in [6.07, 6.45) is 8.25. The Labute approximate surface area is 250 Å². The maximum atomic E-state index is 13.8. The number of aromatic nitrogens is 2. The third-order valence-electron chi connectivity index (χ3n) is 6.99. The molecule has 1 aliphatic rings. The van der Waals surface area contributed by atoms with Gasteiger partial charge in [-0.2, -0.15) is 10.2 Å². The molecule has 0 bridgehead atoms. The smallest absolute Gasteiger partial charge is 0.354 e. The van der Waals surface area contributed by atoms with Crippen LogP contribution in [0.4, 0.5) is 0 Å². The van der Waals surface area contributed by atoms with Gasteiger partial charge in [-0.3, -0.25) is 14.7 Å². The number of aromatic carboxylic acids is 1. The lowest BCUT2D eigenvalue weighted by Crippen LogP contribution is -2.53. The summed E-state index contributed by atoms with van der Waals surface area (Å²) >= 11 is 0. The van der Waals surface area contributed by atoms with Gasteiger partial charge in [0.15, 0.2) is 0 Å². The zero-order chi connectivity index (χ0) is 30.5. The molecular formula is C34H33N3O6. The molecule has 0 aliphatic heterocycles. The highest BCUT2D eigenvalue weighted by Crippen LogP contribution is 2.43. The van der Waals surface area contributed by atoms with E-state index in [-0.39, 0.29) is 24.3 Å². The number of aromatic amines is 1. The minimum atomic E-state index is -1.42. The number of H-pyrrole nitrogens is 1. The van der Waals surface area contributed by atoms with Crippen LogP contribution in [0.3, 0.4) is 0 Å². The number of amides is 1. The summed E-state index contributed by atoms with van der Waals surface area (Å²) in [5, 5.41) is 17.9. The van der Waals surface area contributed by atoms with Gasteiger partial charge in [0, 0.05) is 17.7 Å². The van der Waals surface area contributed by atoms with E-state index in [2.05, 4.69) is 10.2 Å². The number of nitrogens with one attached hydrogen (secondary N) is 1. The quantitative estimate of drug-likeness (QED) is 0.118. The number of rotatable bonds is 11. The molecule has 3 aromatic carbocycles. The first kappa shape index (κ1) is 29.5. The molecule has 0 saturated carbocycles. The number of hydrogen-bond acceptors (Lipinski definition) is 6. The maximum absolute atomic E-state index is 13.8. The molecule has 43 heavy (non-hydrogen) atoms. The first-order valence-electron chi connectivity index (χ1n) is 14.0. The van der Waals surface area contributed by atoms with Gasteiger partial charge in [-0.25, -0.2) is 4.79 Å². The standard InChI is InChI=1S/C34H33N3O6/c1-4-41-34(37(43-24(2)3)31(38)25-11-7-5-8-12-25)21-19-33(20-22-34,29-23-35-36-30(29)32(39)40)26-15-17-28(18-16-26)42-27-13-9-6-10-14-27/h5-24H,4H2,1-3H3,(H,35,36)(H,39,40). The number of carbonyl (C=O) groups excluding carboxylic acids is 1. The van der Waals surface area contributed by atoms with Crippen LogP contribution in [0.5, 0.6) is 11.5 Å².